The number of hydrogen-bond acceptors (Lipinski definition) is 2. The van der Waals surface area contributed by atoms with E-state index in [9.17, 15) is 9.18 Å². The minimum absolute atomic E-state index is 0.131. The number of carboxylic acids is 1. The van der Waals surface area contributed by atoms with E-state index in [1.165, 1.54) is 18.4 Å². The molecule has 1 aromatic heterocycles. The number of furan rings is 1. The van der Waals surface area contributed by atoms with E-state index in [0.717, 1.165) is 0 Å². The Bertz CT molecular complexity index is 475. The summed E-state index contributed by atoms with van der Waals surface area (Å²) in [4.78, 5) is 10.4. The lowest BCUT2D eigenvalue weighted by Gasteiger charge is -2.02. The van der Waals surface area contributed by atoms with Gasteiger partial charge >= 0.3 is 5.97 Å². The molecular weight excluding hydrogens is 187 g/mol. The van der Waals surface area contributed by atoms with E-state index < -0.39 is 12.1 Å². The van der Waals surface area contributed by atoms with Crippen LogP contribution < -0.4 is 0 Å². The third-order valence-corrected chi connectivity index (χ3v) is 1.99. The van der Waals surface area contributed by atoms with E-state index in [2.05, 4.69) is 0 Å². The van der Waals surface area contributed by atoms with Gasteiger partial charge in [0.25, 0.3) is 0 Å². The van der Waals surface area contributed by atoms with Crippen molar-refractivity contribution in [3.05, 3.63) is 36.1 Å². The Labute approximate surface area is 78.8 Å². The maximum atomic E-state index is 13.1. The molecule has 1 N–H and O–H groups in total. The van der Waals surface area contributed by atoms with Gasteiger partial charge in [-0.1, -0.05) is 6.07 Å². The first-order valence-electron chi connectivity index (χ1n) is 4.02. The number of carbonyl (C=O) groups is 1. The fraction of sp³-hybridized carbons (Fsp3) is 0.100. The van der Waals surface area contributed by atoms with Gasteiger partial charge in [0.2, 0.25) is 6.17 Å². The quantitative estimate of drug-likeness (QED) is 0.799. The van der Waals surface area contributed by atoms with Crippen LogP contribution in [0, 0.1) is 0 Å². The van der Waals surface area contributed by atoms with Crippen molar-refractivity contribution in [3.63, 3.8) is 0 Å². The van der Waals surface area contributed by atoms with Gasteiger partial charge in [0.15, 0.2) is 0 Å². The molecule has 0 aliphatic rings. The van der Waals surface area contributed by atoms with Crippen molar-refractivity contribution in [1.82, 2.24) is 0 Å². The largest absolute Gasteiger partial charge is 0.479 e. The van der Waals surface area contributed by atoms with Crippen molar-refractivity contribution < 1.29 is 18.7 Å². The number of alkyl halides is 1. The molecule has 0 aliphatic heterocycles. The zero-order chi connectivity index (χ0) is 10.1. The normalized spacial score (nSPS) is 12.9. The van der Waals surface area contributed by atoms with E-state index in [1.807, 2.05) is 0 Å². The van der Waals surface area contributed by atoms with Crippen LogP contribution in [0.2, 0.25) is 0 Å². The maximum absolute atomic E-state index is 13.1. The van der Waals surface area contributed by atoms with Crippen molar-refractivity contribution in [2.24, 2.45) is 0 Å². The minimum atomic E-state index is -1.98. The SMILES string of the molecule is O=C(O)C(F)c1ccc2occc2c1. The third kappa shape index (κ3) is 1.35. The summed E-state index contributed by atoms with van der Waals surface area (Å²) in [6.45, 7) is 0. The van der Waals surface area contributed by atoms with Crippen molar-refractivity contribution in [2.45, 2.75) is 6.17 Å². The second-order valence-corrected chi connectivity index (χ2v) is 2.92. The fourth-order valence-corrected chi connectivity index (χ4v) is 1.29. The van der Waals surface area contributed by atoms with Crippen LogP contribution in [0.25, 0.3) is 11.0 Å². The smallest absolute Gasteiger partial charge is 0.343 e. The van der Waals surface area contributed by atoms with E-state index >= 15 is 0 Å². The second kappa shape index (κ2) is 3.14. The third-order valence-electron chi connectivity index (χ3n) is 1.99. The summed E-state index contributed by atoms with van der Waals surface area (Å²) in [7, 11) is 0. The molecule has 0 radical (unpaired) electrons. The van der Waals surface area contributed by atoms with Crippen LogP contribution in [-0.2, 0) is 4.79 Å². The van der Waals surface area contributed by atoms with Crippen molar-refractivity contribution in [1.29, 1.82) is 0 Å². The molecule has 0 aliphatic carbocycles. The first-order chi connectivity index (χ1) is 6.68. The topological polar surface area (TPSA) is 50.4 Å². The average Bonchev–Trinajstić information content (AvgIpc) is 2.62. The van der Waals surface area contributed by atoms with Crippen LogP contribution in [-0.4, -0.2) is 11.1 Å². The number of carboxylic acid groups (broad SMARTS) is 1. The van der Waals surface area contributed by atoms with Crippen LogP contribution in [0.4, 0.5) is 4.39 Å². The zero-order valence-electron chi connectivity index (χ0n) is 7.11. The van der Waals surface area contributed by atoms with Gasteiger partial charge in [0, 0.05) is 5.39 Å². The van der Waals surface area contributed by atoms with E-state index in [-0.39, 0.29) is 5.56 Å². The highest BCUT2D eigenvalue weighted by atomic mass is 19.1. The molecule has 1 aromatic carbocycles. The van der Waals surface area contributed by atoms with Gasteiger partial charge in [-0.2, -0.15) is 0 Å². The number of benzene rings is 1. The van der Waals surface area contributed by atoms with E-state index in [4.69, 9.17) is 9.52 Å². The van der Waals surface area contributed by atoms with E-state index in [1.54, 1.807) is 12.1 Å². The van der Waals surface area contributed by atoms with Gasteiger partial charge in [-0.25, -0.2) is 9.18 Å². The zero-order valence-corrected chi connectivity index (χ0v) is 7.11. The molecule has 0 saturated carbocycles. The summed E-state index contributed by atoms with van der Waals surface area (Å²) in [6, 6.07) is 6.09. The van der Waals surface area contributed by atoms with Gasteiger partial charge in [-0.05, 0) is 23.8 Å². The molecule has 4 heteroatoms. The number of hydrogen-bond donors (Lipinski definition) is 1. The monoisotopic (exact) mass is 194 g/mol. The molecule has 0 saturated heterocycles. The van der Waals surface area contributed by atoms with Gasteiger partial charge in [-0.15, -0.1) is 0 Å². The molecule has 1 heterocycles. The molecule has 0 fully saturated rings. The predicted molar refractivity (Wildman–Crippen MR) is 47.7 cm³/mol. The summed E-state index contributed by atoms with van der Waals surface area (Å²) < 4.78 is 18.1. The van der Waals surface area contributed by atoms with Crippen LogP contribution in [0.3, 0.4) is 0 Å². The minimum Gasteiger partial charge on any atom is -0.479 e. The summed E-state index contributed by atoms with van der Waals surface area (Å²) in [5, 5.41) is 9.16. The molecule has 14 heavy (non-hydrogen) atoms. The highest BCUT2D eigenvalue weighted by Gasteiger charge is 2.18. The van der Waals surface area contributed by atoms with Crippen LogP contribution in [0.1, 0.15) is 11.7 Å². The Morgan fingerprint density at radius 1 is 1.43 bits per heavy atom. The molecule has 72 valence electrons. The number of rotatable bonds is 2. The van der Waals surface area contributed by atoms with Crippen LogP contribution in [0.15, 0.2) is 34.9 Å². The summed E-state index contributed by atoms with van der Waals surface area (Å²) >= 11 is 0. The summed E-state index contributed by atoms with van der Waals surface area (Å²) in [5.74, 6) is -1.48. The van der Waals surface area contributed by atoms with Crippen LogP contribution in [0.5, 0.6) is 0 Å². The second-order valence-electron chi connectivity index (χ2n) is 2.92. The molecule has 3 nitrogen and oxygen atoms in total. The number of aliphatic carboxylic acids is 1. The Balaban J connectivity index is 2.48. The highest BCUT2D eigenvalue weighted by molar-refractivity contribution is 5.81. The predicted octanol–water partition coefficient (Wildman–Crippen LogP) is 2.53. The Morgan fingerprint density at radius 2 is 2.21 bits per heavy atom. The molecule has 0 amide bonds. The molecule has 0 bridgehead atoms. The van der Waals surface area contributed by atoms with Crippen molar-refractivity contribution in [2.75, 3.05) is 0 Å². The lowest BCUT2D eigenvalue weighted by atomic mass is 10.1. The molecule has 1 atom stereocenters. The number of fused-ring (bicyclic) bond motifs is 1. The van der Waals surface area contributed by atoms with Gasteiger partial charge in [0.1, 0.15) is 5.58 Å². The molecule has 2 aromatic rings. The molecule has 2 rings (SSSR count). The Hall–Kier alpha value is -1.84. The molecule has 1 unspecified atom stereocenters. The first-order valence-corrected chi connectivity index (χ1v) is 4.02. The van der Waals surface area contributed by atoms with E-state index in [0.29, 0.717) is 11.0 Å². The highest BCUT2D eigenvalue weighted by Crippen LogP contribution is 2.23. The van der Waals surface area contributed by atoms with Gasteiger partial charge in [0.05, 0.1) is 6.26 Å². The van der Waals surface area contributed by atoms with Gasteiger partial charge in [-0.3, -0.25) is 0 Å². The maximum Gasteiger partial charge on any atom is 0.343 e. The lowest BCUT2D eigenvalue weighted by Crippen LogP contribution is -2.05. The van der Waals surface area contributed by atoms with Crippen LogP contribution >= 0.6 is 0 Å². The van der Waals surface area contributed by atoms with Crippen molar-refractivity contribution >= 4 is 16.9 Å². The number of halogens is 1. The average molecular weight is 194 g/mol. The Kier molecular flexibility index (Phi) is 1.96. The standard InChI is InChI=1S/C10H7FO3/c11-9(10(12)13)7-1-2-8-6(5-7)3-4-14-8/h1-5,9H,(H,12,13). The Morgan fingerprint density at radius 3 is 2.93 bits per heavy atom. The first kappa shape index (κ1) is 8.74. The summed E-state index contributed by atoms with van der Waals surface area (Å²) in [5.41, 5.74) is 0.748. The fourth-order valence-electron chi connectivity index (χ4n) is 1.29. The van der Waals surface area contributed by atoms with Gasteiger partial charge < -0.3 is 9.52 Å². The summed E-state index contributed by atoms with van der Waals surface area (Å²) in [6.07, 6.45) is -0.503. The lowest BCUT2D eigenvalue weighted by molar-refractivity contribution is -0.143. The molecule has 0 spiro atoms. The van der Waals surface area contributed by atoms with Crippen molar-refractivity contribution in [3.8, 4) is 0 Å². The molecular formula is C10H7FO3.